The molecule has 3 saturated heterocycles. The quantitative estimate of drug-likeness (QED) is 0.811. The number of nitrogens with one attached hydrogen (secondary N) is 2. The molecule has 1 aromatic carbocycles. The van der Waals surface area contributed by atoms with Crippen molar-refractivity contribution in [2.24, 2.45) is 5.41 Å². The van der Waals surface area contributed by atoms with Gasteiger partial charge in [-0.2, -0.15) is 0 Å². The molecule has 0 aromatic heterocycles. The van der Waals surface area contributed by atoms with Gasteiger partial charge in [-0.3, -0.25) is 19.9 Å². The Bertz CT molecular complexity index is 675. The summed E-state index contributed by atoms with van der Waals surface area (Å²) in [6.45, 7) is 8.96. The molecule has 3 aliphatic rings. The van der Waals surface area contributed by atoms with E-state index in [2.05, 4.69) is 64.6 Å². The maximum absolute atomic E-state index is 12.6. The molecule has 3 aliphatic heterocycles. The Kier molecular flexibility index (Phi) is 6.54. The molecule has 4 rings (SSSR count). The average Bonchev–Trinajstić information content (AvgIpc) is 2.87. The molecule has 160 valence electrons. The maximum atomic E-state index is 12.6. The van der Waals surface area contributed by atoms with Crippen molar-refractivity contribution in [1.82, 2.24) is 20.4 Å². The van der Waals surface area contributed by atoms with Gasteiger partial charge in [0.15, 0.2) is 0 Å². The SMILES string of the molecule is CC1(C)CCC[C@H](Cc2ccccc2)N(C2NC(=O)CC(N3CCOCC3)N2)C1. The Morgan fingerprint density at radius 2 is 1.93 bits per heavy atom. The predicted molar refractivity (Wildman–Crippen MR) is 114 cm³/mol. The van der Waals surface area contributed by atoms with Gasteiger partial charge in [0.1, 0.15) is 6.29 Å². The normalized spacial score (nSPS) is 31.8. The van der Waals surface area contributed by atoms with E-state index in [1.807, 2.05) is 0 Å². The first kappa shape index (κ1) is 20.8. The van der Waals surface area contributed by atoms with Crippen LogP contribution < -0.4 is 10.6 Å². The number of morpholine rings is 1. The summed E-state index contributed by atoms with van der Waals surface area (Å²) in [4.78, 5) is 17.5. The van der Waals surface area contributed by atoms with Crippen LogP contribution in [0, 0.1) is 5.41 Å². The Morgan fingerprint density at radius 1 is 1.17 bits per heavy atom. The lowest BCUT2D eigenvalue weighted by Gasteiger charge is -2.46. The number of likely N-dealkylation sites (tertiary alicyclic amines) is 1. The van der Waals surface area contributed by atoms with E-state index in [0.717, 1.165) is 45.7 Å². The molecule has 0 radical (unpaired) electrons. The molecule has 29 heavy (non-hydrogen) atoms. The number of nitrogens with zero attached hydrogens (tertiary/aromatic N) is 2. The standard InChI is InChI=1S/C23H36N4O2/c1-23(2)10-6-9-19(15-18-7-4-3-5-8-18)27(17-23)22-24-20(16-21(28)25-22)26-11-13-29-14-12-26/h3-5,7-8,19-20,22,24H,6,9-17H2,1-2H3,(H,25,28)/t19-,20?,22?/m1/s1. The van der Waals surface area contributed by atoms with Crippen LogP contribution in [0.15, 0.2) is 30.3 Å². The number of carbonyl (C=O) groups excluding carboxylic acids is 1. The fraction of sp³-hybridized carbons (Fsp3) is 0.696. The molecule has 0 aliphatic carbocycles. The van der Waals surface area contributed by atoms with Gasteiger partial charge in [0.25, 0.3) is 0 Å². The Balaban J connectivity index is 1.53. The monoisotopic (exact) mass is 400 g/mol. The van der Waals surface area contributed by atoms with Gasteiger partial charge in [0.2, 0.25) is 5.91 Å². The summed E-state index contributed by atoms with van der Waals surface area (Å²) in [5.41, 5.74) is 1.61. The summed E-state index contributed by atoms with van der Waals surface area (Å²) in [6.07, 6.45) is 5.12. The zero-order valence-electron chi connectivity index (χ0n) is 17.9. The molecular formula is C23H36N4O2. The van der Waals surface area contributed by atoms with Crippen LogP contribution in [0.4, 0.5) is 0 Å². The van der Waals surface area contributed by atoms with Crippen molar-refractivity contribution >= 4 is 5.91 Å². The van der Waals surface area contributed by atoms with Gasteiger partial charge in [0, 0.05) is 25.7 Å². The highest BCUT2D eigenvalue weighted by Crippen LogP contribution is 2.33. The number of benzene rings is 1. The third-order valence-corrected chi connectivity index (χ3v) is 6.63. The highest BCUT2D eigenvalue weighted by Gasteiger charge is 2.39. The van der Waals surface area contributed by atoms with E-state index in [0.29, 0.717) is 12.5 Å². The van der Waals surface area contributed by atoms with Crippen molar-refractivity contribution in [3.8, 4) is 0 Å². The van der Waals surface area contributed by atoms with E-state index in [1.165, 1.54) is 18.4 Å². The molecule has 0 saturated carbocycles. The lowest BCUT2D eigenvalue weighted by Crippen LogP contribution is -2.70. The van der Waals surface area contributed by atoms with Crippen molar-refractivity contribution < 1.29 is 9.53 Å². The van der Waals surface area contributed by atoms with Crippen molar-refractivity contribution in [3.05, 3.63) is 35.9 Å². The van der Waals surface area contributed by atoms with E-state index >= 15 is 0 Å². The van der Waals surface area contributed by atoms with Crippen LogP contribution in [-0.2, 0) is 16.0 Å². The van der Waals surface area contributed by atoms with E-state index in [-0.39, 0.29) is 23.8 Å². The lowest BCUT2D eigenvalue weighted by atomic mass is 9.88. The van der Waals surface area contributed by atoms with Gasteiger partial charge in [-0.1, -0.05) is 50.6 Å². The first-order valence-electron chi connectivity index (χ1n) is 11.2. The molecule has 3 fully saturated rings. The first-order valence-corrected chi connectivity index (χ1v) is 11.2. The summed E-state index contributed by atoms with van der Waals surface area (Å²) in [7, 11) is 0. The van der Waals surface area contributed by atoms with Crippen LogP contribution in [0.25, 0.3) is 0 Å². The zero-order chi connectivity index (χ0) is 20.3. The van der Waals surface area contributed by atoms with Crippen LogP contribution in [0.3, 0.4) is 0 Å². The van der Waals surface area contributed by atoms with Crippen molar-refractivity contribution in [2.45, 2.75) is 64.4 Å². The molecule has 3 heterocycles. The minimum atomic E-state index is -0.116. The Labute approximate surface area is 175 Å². The fourth-order valence-corrected chi connectivity index (χ4v) is 5.06. The third-order valence-electron chi connectivity index (χ3n) is 6.63. The van der Waals surface area contributed by atoms with Crippen LogP contribution in [0.1, 0.15) is 45.1 Å². The molecule has 1 amide bonds. The third kappa shape index (κ3) is 5.37. The smallest absolute Gasteiger partial charge is 0.225 e. The van der Waals surface area contributed by atoms with Crippen LogP contribution in [0.5, 0.6) is 0 Å². The second kappa shape index (κ2) is 9.13. The number of rotatable bonds is 4. The van der Waals surface area contributed by atoms with Crippen LogP contribution >= 0.6 is 0 Å². The molecule has 2 N–H and O–H groups in total. The minimum absolute atomic E-state index is 0.0846. The molecular weight excluding hydrogens is 364 g/mol. The summed E-state index contributed by atoms with van der Waals surface area (Å²) in [6, 6.07) is 11.2. The number of amides is 1. The largest absolute Gasteiger partial charge is 0.379 e. The van der Waals surface area contributed by atoms with Gasteiger partial charge >= 0.3 is 0 Å². The van der Waals surface area contributed by atoms with Gasteiger partial charge in [-0.05, 0) is 30.2 Å². The van der Waals surface area contributed by atoms with Crippen LogP contribution in [-0.4, -0.2) is 67.1 Å². The van der Waals surface area contributed by atoms with Crippen LogP contribution in [0.2, 0.25) is 0 Å². The molecule has 1 aromatic rings. The van der Waals surface area contributed by atoms with Crippen molar-refractivity contribution in [1.29, 1.82) is 0 Å². The van der Waals surface area contributed by atoms with Crippen molar-refractivity contribution in [3.63, 3.8) is 0 Å². The highest BCUT2D eigenvalue weighted by atomic mass is 16.5. The zero-order valence-corrected chi connectivity index (χ0v) is 17.9. The second-order valence-electron chi connectivity index (χ2n) is 9.58. The van der Waals surface area contributed by atoms with Crippen molar-refractivity contribution in [2.75, 3.05) is 32.8 Å². The molecule has 0 bridgehead atoms. The van der Waals surface area contributed by atoms with E-state index in [9.17, 15) is 4.79 Å². The topological polar surface area (TPSA) is 56.8 Å². The first-order chi connectivity index (χ1) is 14.0. The summed E-state index contributed by atoms with van der Waals surface area (Å²) in [5, 5.41) is 7.02. The van der Waals surface area contributed by atoms with Gasteiger partial charge in [-0.25, -0.2) is 0 Å². The van der Waals surface area contributed by atoms with E-state index < -0.39 is 0 Å². The van der Waals surface area contributed by atoms with Gasteiger partial charge < -0.3 is 10.1 Å². The fourth-order valence-electron chi connectivity index (χ4n) is 5.06. The number of carbonyl (C=O) groups is 1. The average molecular weight is 401 g/mol. The maximum Gasteiger partial charge on any atom is 0.225 e. The second-order valence-corrected chi connectivity index (χ2v) is 9.58. The summed E-state index contributed by atoms with van der Waals surface area (Å²) >= 11 is 0. The Hall–Kier alpha value is -1.47. The molecule has 6 heteroatoms. The predicted octanol–water partition coefficient (Wildman–Crippen LogP) is 2.16. The highest BCUT2D eigenvalue weighted by molar-refractivity contribution is 5.77. The number of hydrogen-bond donors (Lipinski definition) is 2. The number of hydrogen-bond acceptors (Lipinski definition) is 5. The van der Waals surface area contributed by atoms with E-state index in [1.54, 1.807) is 0 Å². The minimum Gasteiger partial charge on any atom is -0.379 e. The molecule has 3 atom stereocenters. The molecule has 2 unspecified atom stereocenters. The summed E-state index contributed by atoms with van der Waals surface area (Å²) in [5.74, 6) is 0.144. The van der Waals surface area contributed by atoms with Gasteiger partial charge in [-0.15, -0.1) is 0 Å². The van der Waals surface area contributed by atoms with E-state index in [4.69, 9.17) is 4.74 Å². The molecule has 6 nitrogen and oxygen atoms in total. The summed E-state index contributed by atoms with van der Waals surface area (Å²) < 4.78 is 5.51. The lowest BCUT2D eigenvalue weighted by molar-refractivity contribution is -0.132. The Morgan fingerprint density at radius 3 is 2.69 bits per heavy atom. The molecule has 0 spiro atoms. The number of ether oxygens (including phenoxy) is 1. The van der Waals surface area contributed by atoms with Gasteiger partial charge in [0.05, 0.1) is 25.8 Å².